The molecule has 2 aliphatic rings. The molecule has 1 aliphatic carbocycles. The minimum Gasteiger partial charge on any atom is -0.440 e. The molecule has 1 aliphatic heterocycles. The molecule has 0 saturated heterocycles. The smallest absolute Gasteiger partial charge is 0.209 e. The molecular weight excluding hydrogens is 370 g/mol. The third-order valence-electron chi connectivity index (χ3n) is 7.03. The molecule has 6 rings (SSSR count). The van der Waals surface area contributed by atoms with E-state index in [4.69, 9.17) is 4.42 Å². The third-order valence-corrected chi connectivity index (χ3v) is 7.03. The zero-order valence-electron chi connectivity index (χ0n) is 16.7. The first kappa shape index (κ1) is 17.1. The maximum atomic E-state index is 9.27. The van der Waals surface area contributed by atoms with Crippen LogP contribution in [0.3, 0.4) is 0 Å². The topological polar surface area (TPSA) is 65.7 Å². The Hall–Kier alpha value is -3.76. The lowest BCUT2D eigenvalue weighted by Gasteiger charge is -2.35. The van der Waals surface area contributed by atoms with E-state index in [1.807, 2.05) is 12.1 Å². The second kappa shape index (κ2) is 5.88. The van der Waals surface area contributed by atoms with Gasteiger partial charge in [0, 0.05) is 33.4 Å². The van der Waals surface area contributed by atoms with Crippen molar-refractivity contribution < 1.29 is 4.42 Å². The Morgan fingerprint density at radius 2 is 1.77 bits per heavy atom. The summed E-state index contributed by atoms with van der Waals surface area (Å²) in [5.74, 6) is 1.46. The molecule has 0 atom stereocenters. The first-order valence-electron chi connectivity index (χ1n) is 10.4. The zero-order valence-corrected chi connectivity index (χ0v) is 16.7. The van der Waals surface area contributed by atoms with Gasteiger partial charge in [-0.1, -0.05) is 49.2 Å². The molecule has 1 saturated carbocycles. The predicted molar refractivity (Wildman–Crippen MR) is 116 cm³/mol. The molecule has 1 spiro atoms. The Labute approximate surface area is 174 Å². The number of hydrogen-bond acceptors (Lipinski definition) is 3. The monoisotopic (exact) mass is 389 g/mol. The van der Waals surface area contributed by atoms with Gasteiger partial charge in [-0.05, 0) is 31.4 Å². The van der Waals surface area contributed by atoms with E-state index < -0.39 is 0 Å². The molecule has 30 heavy (non-hydrogen) atoms. The summed E-state index contributed by atoms with van der Waals surface area (Å²) in [4.78, 5) is 0. The van der Waals surface area contributed by atoms with E-state index in [2.05, 4.69) is 54.0 Å². The van der Waals surface area contributed by atoms with E-state index in [1.165, 1.54) is 40.3 Å². The quantitative estimate of drug-likeness (QED) is 0.359. The standard InChI is InChI=1S/C26H19N3O/c1-16-22(13-17(14-27)15-28)30-25-23(16)26(11-4-5-12-26)20-9-6-8-19-18-7-2-3-10-21(18)29(25)24(19)20/h2-3,6-10,13H,4-5,11-12H2,1H3. The molecular formula is C26H19N3O. The Morgan fingerprint density at radius 1 is 1.03 bits per heavy atom. The van der Waals surface area contributed by atoms with Crippen LogP contribution in [0.5, 0.6) is 0 Å². The Balaban J connectivity index is 1.81. The molecule has 1 fully saturated rings. The molecule has 144 valence electrons. The van der Waals surface area contributed by atoms with Crippen LogP contribution in [-0.4, -0.2) is 4.57 Å². The van der Waals surface area contributed by atoms with E-state index in [1.54, 1.807) is 6.08 Å². The highest BCUT2D eigenvalue weighted by Gasteiger charge is 2.47. The Bertz CT molecular complexity index is 1460. The highest BCUT2D eigenvalue weighted by molar-refractivity contribution is 6.11. The van der Waals surface area contributed by atoms with Gasteiger partial charge in [-0.2, -0.15) is 10.5 Å². The van der Waals surface area contributed by atoms with E-state index in [0.29, 0.717) is 5.76 Å². The normalized spacial score (nSPS) is 15.8. The van der Waals surface area contributed by atoms with E-state index in [-0.39, 0.29) is 11.0 Å². The van der Waals surface area contributed by atoms with Crippen LogP contribution in [0.2, 0.25) is 0 Å². The van der Waals surface area contributed by atoms with Gasteiger partial charge in [0.15, 0.2) is 0 Å². The summed E-state index contributed by atoms with van der Waals surface area (Å²) in [6.07, 6.45) is 6.14. The van der Waals surface area contributed by atoms with Crippen LogP contribution in [0.15, 0.2) is 52.5 Å². The molecule has 3 heterocycles. The van der Waals surface area contributed by atoms with Gasteiger partial charge in [-0.15, -0.1) is 0 Å². The highest BCUT2D eigenvalue weighted by Crippen LogP contribution is 2.56. The number of fused-ring (bicyclic) bond motifs is 7. The van der Waals surface area contributed by atoms with Gasteiger partial charge in [0.05, 0.1) is 11.0 Å². The van der Waals surface area contributed by atoms with E-state index >= 15 is 0 Å². The second-order valence-corrected chi connectivity index (χ2v) is 8.40. The van der Waals surface area contributed by atoms with E-state index in [9.17, 15) is 10.5 Å². The van der Waals surface area contributed by atoms with Gasteiger partial charge < -0.3 is 4.42 Å². The van der Waals surface area contributed by atoms with Crippen molar-refractivity contribution in [3.05, 3.63) is 70.5 Å². The highest BCUT2D eigenvalue weighted by atomic mass is 16.4. The molecule has 4 heteroatoms. The number of hydrogen-bond donors (Lipinski definition) is 0. The van der Waals surface area contributed by atoms with Gasteiger partial charge in [0.1, 0.15) is 23.5 Å². The molecule has 2 aromatic carbocycles. The van der Waals surface area contributed by atoms with Crippen LogP contribution < -0.4 is 0 Å². The zero-order chi connectivity index (χ0) is 20.5. The van der Waals surface area contributed by atoms with E-state index in [0.717, 1.165) is 29.8 Å². The molecule has 0 unspecified atom stereocenters. The molecule has 4 aromatic rings. The number of benzene rings is 2. The van der Waals surface area contributed by atoms with Crippen LogP contribution in [-0.2, 0) is 5.41 Å². The number of rotatable bonds is 1. The summed E-state index contributed by atoms with van der Waals surface area (Å²) in [6.45, 7) is 2.07. The number of furan rings is 1. The number of aromatic nitrogens is 1. The third kappa shape index (κ3) is 1.94. The number of nitrogens with zero attached hydrogens (tertiary/aromatic N) is 3. The van der Waals surface area contributed by atoms with Crippen molar-refractivity contribution in [2.24, 2.45) is 0 Å². The van der Waals surface area contributed by atoms with Crippen molar-refractivity contribution in [1.29, 1.82) is 10.5 Å². The second-order valence-electron chi connectivity index (χ2n) is 8.40. The van der Waals surface area contributed by atoms with Gasteiger partial charge in [-0.25, -0.2) is 0 Å². The van der Waals surface area contributed by atoms with Crippen LogP contribution in [0, 0.1) is 29.6 Å². The molecule has 0 amide bonds. The van der Waals surface area contributed by atoms with Gasteiger partial charge in [0.25, 0.3) is 0 Å². The predicted octanol–water partition coefficient (Wildman–Crippen LogP) is 6.29. The Morgan fingerprint density at radius 3 is 2.53 bits per heavy atom. The first-order valence-corrected chi connectivity index (χ1v) is 10.4. The molecule has 0 N–H and O–H groups in total. The maximum absolute atomic E-state index is 9.27. The molecule has 0 radical (unpaired) electrons. The van der Waals surface area contributed by atoms with Gasteiger partial charge in [-0.3, -0.25) is 4.57 Å². The summed E-state index contributed by atoms with van der Waals surface area (Å²) in [7, 11) is 0. The molecule has 2 aromatic heterocycles. The summed E-state index contributed by atoms with van der Waals surface area (Å²) in [6, 6.07) is 19.0. The summed E-state index contributed by atoms with van der Waals surface area (Å²) in [5.41, 5.74) is 5.99. The molecule has 4 nitrogen and oxygen atoms in total. The summed E-state index contributed by atoms with van der Waals surface area (Å²) >= 11 is 0. The van der Waals surface area contributed by atoms with Crippen molar-refractivity contribution in [2.75, 3.05) is 0 Å². The average Bonchev–Trinajstić information content (AvgIpc) is 3.47. The van der Waals surface area contributed by atoms with Crippen molar-refractivity contribution in [2.45, 2.75) is 38.0 Å². The van der Waals surface area contributed by atoms with Crippen molar-refractivity contribution >= 4 is 27.9 Å². The summed E-state index contributed by atoms with van der Waals surface area (Å²) in [5, 5.41) is 21.0. The minimum absolute atomic E-state index is 0.0599. The fourth-order valence-corrected chi connectivity index (χ4v) is 5.84. The lowest BCUT2D eigenvalue weighted by molar-refractivity contribution is 0.485. The van der Waals surface area contributed by atoms with Crippen LogP contribution >= 0.6 is 0 Å². The lowest BCUT2D eigenvalue weighted by atomic mass is 9.70. The maximum Gasteiger partial charge on any atom is 0.209 e. The minimum atomic E-state index is -0.0711. The average molecular weight is 389 g/mol. The van der Waals surface area contributed by atoms with Crippen molar-refractivity contribution in [1.82, 2.24) is 4.57 Å². The van der Waals surface area contributed by atoms with Gasteiger partial charge >= 0.3 is 0 Å². The number of para-hydroxylation sites is 2. The first-order chi connectivity index (χ1) is 14.7. The number of allylic oxidation sites excluding steroid dienone is 1. The fourth-order valence-electron chi connectivity index (χ4n) is 5.84. The fraction of sp³-hybridized carbons (Fsp3) is 0.231. The van der Waals surface area contributed by atoms with Crippen molar-refractivity contribution in [3.63, 3.8) is 0 Å². The van der Waals surface area contributed by atoms with Crippen LogP contribution in [0.25, 0.3) is 33.8 Å². The lowest BCUT2D eigenvalue weighted by Crippen LogP contribution is -2.29. The Kier molecular flexibility index (Phi) is 3.35. The number of nitriles is 2. The van der Waals surface area contributed by atoms with Crippen molar-refractivity contribution in [3.8, 4) is 18.0 Å². The van der Waals surface area contributed by atoms with Crippen LogP contribution in [0.1, 0.15) is 48.1 Å². The van der Waals surface area contributed by atoms with Gasteiger partial charge in [0.2, 0.25) is 5.88 Å². The molecule has 0 bridgehead atoms. The SMILES string of the molecule is Cc1c(C=C(C#N)C#N)oc2c1C1(CCCC1)c1cccc3c4ccccc4n-2c13. The van der Waals surface area contributed by atoms with Crippen LogP contribution in [0.4, 0.5) is 0 Å². The largest absolute Gasteiger partial charge is 0.440 e. The summed E-state index contributed by atoms with van der Waals surface area (Å²) < 4.78 is 8.71.